The highest BCUT2D eigenvalue weighted by atomic mass is 16.7. The highest BCUT2D eigenvalue weighted by Gasteiger charge is 2.18. The Kier molecular flexibility index (Phi) is 4.53. The first kappa shape index (κ1) is 14.1. The van der Waals surface area contributed by atoms with Crippen molar-refractivity contribution in [1.29, 1.82) is 0 Å². The Bertz CT molecular complexity index is 580. The zero-order valence-corrected chi connectivity index (χ0v) is 12.0. The molecule has 0 aromatic heterocycles. The van der Waals surface area contributed by atoms with Gasteiger partial charge in [0.2, 0.25) is 0 Å². The van der Waals surface area contributed by atoms with E-state index in [1.54, 1.807) is 0 Å². The lowest BCUT2D eigenvalue weighted by Crippen LogP contribution is -2.10. The third kappa shape index (κ3) is 3.63. The number of aliphatic hydroxyl groups excluding tert-OH is 1. The van der Waals surface area contributed by atoms with Crippen LogP contribution >= 0.6 is 0 Å². The molecule has 2 aromatic carbocycles. The second-order valence-corrected chi connectivity index (χ2v) is 5.36. The second kappa shape index (κ2) is 6.74. The Hall–Kier alpha value is -1.84. The molecule has 2 aromatic rings. The van der Waals surface area contributed by atoms with E-state index in [1.165, 1.54) is 5.56 Å². The Morgan fingerprint density at radius 2 is 1.95 bits per heavy atom. The van der Waals surface area contributed by atoms with Crippen LogP contribution in [0.2, 0.25) is 0 Å². The first-order chi connectivity index (χ1) is 10.3. The van der Waals surface area contributed by atoms with E-state index in [1.807, 2.05) is 48.5 Å². The number of hydrogen-bond acceptors (Lipinski definition) is 3. The van der Waals surface area contributed by atoms with Gasteiger partial charge in [0.25, 0.3) is 0 Å². The molecule has 3 rings (SSSR count). The van der Waals surface area contributed by atoms with E-state index in [0.29, 0.717) is 6.61 Å². The van der Waals surface area contributed by atoms with Crippen LogP contribution in [0.15, 0.2) is 48.5 Å². The predicted molar refractivity (Wildman–Crippen MR) is 81.1 cm³/mol. The fraction of sp³-hybridized carbons (Fsp3) is 0.333. The first-order valence-electron chi connectivity index (χ1n) is 7.38. The average Bonchev–Trinajstić information content (AvgIpc) is 2.53. The molecule has 0 radical (unpaired) electrons. The summed E-state index contributed by atoms with van der Waals surface area (Å²) < 4.78 is 11.1. The van der Waals surface area contributed by atoms with E-state index in [4.69, 9.17) is 9.47 Å². The van der Waals surface area contributed by atoms with Crippen molar-refractivity contribution in [1.82, 2.24) is 0 Å². The van der Waals surface area contributed by atoms with Crippen molar-refractivity contribution in [2.75, 3.05) is 6.79 Å². The van der Waals surface area contributed by atoms with Gasteiger partial charge >= 0.3 is 0 Å². The van der Waals surface area contributed by atoms with Gasteiger partial charge in [0.15, 0.2) is 6.79 Å². The molecule has 0 saturated heterocycles. The molecular weight excluding hydrogens is 264 g/mol. The van der Waals surface area contributed by atoms with Crippen molar-refractivity contribution in [3.05, 3.63) is 65.2 Å². The van der Waals surface area contributed by atoms with E-state index in [9.17, 15) is 5.11 Å². The number of ether oxygens (including phenoxy) is 2. The fourth-order valence-corrected chi connectivity index (χ4v) is 2.69. The Labute approximate surface area is 125 Å². The van der Waals surface area contributed by atoms with Gasteiger partial charge in [0.05, 0.1) is 12.7 Å². The van der Waals surface area contributed by atoms with Gasteiger partial charge < -0.3 is 14.6 Å². The van der Waals surface area contributed by atoms with Gasteiger partial charge in [0, 0.05) is 0 Å². The van der Waals surface area contributed by atoms with Crippen molar-refractivity contribution in [2.24, 2.45) is 0 Å². The van der Waals surface area contributed by atoms with Gasteiger partial charge in [-0.05, 0) is 48.1 Å². The van der Waals surface area contributed by atoms with E-state index in [2.05, 4.69) is 0 Å². The molecule has 0 amide bonds. The van der Waals surface area contributed by atoms with Gasteiger partial charge in [-0.2, -0.15) is 0 Å². The number of hydrogen-bond donors (Lipinski definition) is 1. The number of rotatable bonds is 5. The van der Waals surface area contributed by atoms with Crippen LogP contribution in [0.1, 0.15) is 35.6 Å². The number of aryl methyl sites for hydroxylation is 1. The topological polar surface area (TPSA) is 38.7 Å². The van der Waals surface area contributed by atoms with Crippen molar-refractivity contribution in [3.8, 4) is 5.75 Å². The summed E-state index contributed by atoms with van der Waals surface area (Å²) in [6, 6.07) is 15.9. The molecule has 1 N–H and O–H groups in total. The lowest BCUT2D eigenvalue weighted by molar-refractivity contribution is 0.00484. The summed E-state index contributed by atoms with van der Waals surface area (Å²) in [5, 5.41) is 10.0. The molecule has 1 aliphatic rings. The summed E-state index contributed by atoms with van der Waals surface area (Å²) in [5.74, 6) is 0.753. The number of benzene rings is 2. The van der Waals surface area contributed by atoms with E-state index in [-0.39, 0.29) is 12.9 Å². The van der Waals surface area contributed by atoms with Crippen LogP contribution in [-0.2, 0) is 17.8 Å². The quantitative estimate of drug-likeness (QED) is 0.673. The summed E-state index contributed by atoms with van der Waals surface area (Å²) in [6.45, 7) is 0.748. The summed E-state index contributed by atoms with van der Waals surface area (Å²) in [7, 11) is 0. The van der Waals surface area contributed by atoms with Crippen molar-refractivity contribution in [2.45, 2.75) is 32.0 Å². The minimum Gasteiger partial charge on any atom is -0.468 e. The summed E-state index contributed by atoms with van der Waals surface area (Å²) in [6.07, 6.45) is 2.56. The Balaban J connectivity index is 1.53. The molecule has 0 fully saturated rings. The monoisotopic (exact) mass is 284 g/mol. The summed E-state index contributed by atoms with van der Waals surface area (Å²) in [4.78, 5) is 0. The van der Waals surface area contributed by atoms with Gasteiger partial charge in [-0.15, -0.1) is 0 Å². The number of fused-ring (bicyclic) bond motifs is 1. The fourth-order valence-electron chi connectivity index (χ4n) is 2.69. The molecule has 3 nitrogen and oxygen atoms in total. The molecule has 0 bridgehead atoms. The SMILES string of the molecule is O[C@@H]1CCCc2ccc(OCOCc3ccccc3)cc21. The van der Waals surface area contributed by atoms with Crippen LogP contribution in [0.5, 0.6) is 5.75 Å². The maximum Gasteiger partial charge on any atom is 0.189 e. The van der Waals surface area contributed by atoms with Crippen LogP contribution < -0.4 is 4.74 Å². The van der Waals surface area contributed by atoms with Crippen molar-refractivity contribution in [3.63, 3.8) is 0 Å². The van der Waals surface area contributed by atoms with Gasteiger partial charge in [0.1, 0.15) is 5.75 Å². The zero-order valence-electron chi connectivity index (χ0n) is 12.0. The van der Waals surface area contributed by atoms with Crippen molar-refractivity contribution >= 4 is 0 Å². The average molecular weight is 284 g/mol. The van der Waals surface area contributed by atoms with Crippen LogP contribution in [0, 0.1) is 0 Å². The second-order valence-electron chi connectivity index (χ2n) is 5.36. The summed E-state index contributed by atoms with van der Waals surface area (Å²) >= 11 is 0. The van der Waals surface area contributed by atoms with Crippen LogP contribution in [0.4, 0.5) is 0 Å². The third-order valence-electron chi connectivity index (χ3n) is 3.82. The lowest BCUT2D eigenvalue weighted by atomic mass is 9.89. The molecule has 0 heterocycles. The maximum absolute atomic E-state index is 10.0. The normalized spacial score (nSPS) is 17.3. The molecule has 1 aliphatic carbocycles. The van der Waals surface area contributed by atoms with E-state index in [0.717, 1.165) is 36.1 Å². The lowest BCUT2D eigenvalue weighted by Gasteiger charge is -2.21. The highest BCUT2D eigenvalue weighted by molar-refractivity contribution is 5.38. The van der Waals surface area contributed by atoms with Gasteiger partial charge in [-0.25, -0.2) is 0 Å². The van der Waals surface area contributed by atoms with Gasteiger partial charge in [-0.1, -0.05) is 36.4 Å². The Morgan fingerprint density at radius 1 is 1.10 bits per heavy atom. The smallest absolute Gasteiger partial charge is 0.189 e. The molecule has 0 unspecified atom stereocenters. The third-order valence-corrected chi connectivity index (χ3v) is 3.82. The van der Waals surface area contributed by atoms with E-state index >= 15 is 0 Å². The summed E-state index contributed by atoms with van der Waals surface area (Å²) in [5.41, 5.74) is 3.36. The molecule has 0 saturated carbocycles. The van der Waals surface area contributed by atoms with Crippen molar-refractivity contribution < 1.29 is 14.6 Å². The van der Waals surface area contributed by atoms with Crippen LogP contribution in [-0.4, -0.2) is 11.9 Å². The van der Waals surface area contributed by atoms with Crippen LogP contribution in [0.25, 0.3) is 0 Å². The highest BCUT2D eigenvalue weighted by Crippen LogP contribution is 2.32. The maximum atomic E-state index is 10.0. The Morgan fingerprint density at radius 3 is 2.81 bits per heavy atom. The van der Waals surface area contributed by atoms with Crippen LogP contribution in [0.3, 0.4) is 0 Å². The minimum atomic E-state index is -0.359. The standard InChI is InChI=1S/C18H20O3/c19-18-8-4-7-15-9-10-16(11-17(15)18)21-13-20-12-14-5-2-1-3-6-14/h1-3,5-6,9-11,18-19H,4,7-8,12-13H2/t18-/m1/s1. The molecule has 110 valence electrons. The molecule has 1 atom stereocenters. The number of aliphatic hydroxyl groups is 1. The minimum absolute atomic E-state index is 0.212. The molecule has 3 heteroatoms. The zero-order chi connectivity index (χ0) is 14.5. The molecular formula is C18H20O3. The van der Waals surface area contributed by atoms with E-state index < -0.39 is 0 Å². The molecule has 0 spiro atoms. The molecule has 0 aliphatic heterocycles. The first-order valence-corrected chi connectivity index (χ1v) is 7.38. The molecule has 21 heavy (non-hydrogen) atoms. The van der Waals surface area contributed by atoms with Gasteiger partial charge in [-0.3, -0.25) is 0 Å². The largest absolute Gasteiger partial charge is 0.468 e. The predicted octanol–water partition coefficient (Wildman–Crippen LogP) is 3.61.